The Morgan fingerprint density at radius 1 is 0.923 bits per heavy atom. The number of fused-ring (bicyclic) bond motifs is 1. The summed E-state index contributed by atoms with van der Waals surface area (Å²) in [5.74, 6) is -1.34. The number of hydrogen-bond acceptors (Lipinski definition) is 5. The zero-order valence-corrected chi connectivity index (χ0v) is 15.0. The van der Waals surface area contributed by atoms with Crippen LogP contribution in [0, 0.1) is 5.41 Å². The quantitative estimate of drug-likeness (QED) is 0.622. The number of carbonyl (C=O) groups is 2. The largest absolute Gasteiger partial charge is 0.468 e. The van der Waals surface area contributed by atoms with E-state index in [0.717, 1.165) is 5.56 Å². The topological polar surface area (TPSA) is 55.8 Å². The van der Waals surface area contributed by atoms with E-state index < -0.39 is 17.4 Å². The highest BCUT2D eigenvalue weighted by Gasteiger charge is 2.45. The van der Waals surface area contributed by atoms with E-state index in [9.17, 15) is 9.59 Å². The molecule has 0 saturated heterocycles. The number of nitrogens with zero attached hydrogens (tertiary/aromatic N) is 1. The van der Waals surface area contributed by atoms with Crippen molar-refractivity contribution in [2.75, 3.05) is 14.2 Å². The highest BCUT2D eigenvalue weighted by atomic mass is 16.5. The first-order valence-corrected chi connectivity index (χ1v) is 8.33. The predicted molar refractivity (Wildman–Crippen MR) is 98.9 cm³/mol. The van der Waals surface area contributed by atoms with Crippen molar-refractivity contribution in [3.05, 3.63) is 72.6 Å². The number of benzene rings is 2. The molecule has 0 aliphatic carbocycles. The average molecular weight is 351 g/mol. The molecule has 0 fully saturated rings. The average Bonchev–Trinajstić information content (AvgIpc) is 2.71. The summed E-state index contributed by atoms with van der Waals surface area (Å²) in [7, 11) is 2.50. The van der Waals surface area contributed by atoms with Crippen LogP contribution in [0.4, 0.5) is 0 Å². The molecular weight excluding hydrogens is 330 g/mol. The van der Waals surface area contributed by atoms with E-state index >= 15 is 0 Å². The van der Waals surface area contributed by atoms with E-state index in [0.29, 0.717) is 0 Å². The molecule has 1 atom stereocenters. The van der Waals surface area contributed by atoms with Gasteiger partial charge >= 0.3 is 11.9 Å². The van der Waals surface area contributed by atoms with Gasteiger partial charge in [0.25, 0.3) is 0 Å². The van der Waals surface area contributed by atoms with E-state index in [1.165, 1.54) is 37.1 Å². The van der Waals surface area contributed by atoms with Crippen LogP contribution >= 0.6 is 0 Å². The van der Waals surface area contributed by atoms with Crippen LogP contribution in [-0.2, 0) is 19.1 Å². The standard InChI is InChI=1S/C21H21NO4/c1-15(17-9-8-16-6-4-5-7-18(16)14-17)22-12-10-21(11-13-22,19(23)25-2)20(24)26-3/h4-15H,1-3H3/t15-/m0/s1. The lowest BCUT2D eigenvalue weighted by molar-refractivity contribution is -0.161. The zero-order valence-electron chi connectivity index (χ0n) is 15.0. The van der Waals surface area contributed by atoms with E-state index in [1.54, 1.807) is 12.4 Å². The SMILES string of the molecule is COC(=O)C1(C(=O)OC)C=CN([C@@H](C)c2ccc3ccccc3c2)C=C1. The lowest BCUT2D eigenvalue weighted by Crippen LogP contribution is -2.40. The number of carbonyl (C=O) groups excluding carboxylic acids is 2. The maximum absolute atomic E-state index is 12.1. The second kappa shape index (κ2) is 7.04. The molecule has 5 heteroatoms. The van der Waals surface area contributed by atoms with Gasteiger partial charge < -0.3 is 14.4 Å². The number of ether oxygens (including phenoxy) is 2. The minimum atomic E-state index is -1.54. The van der Waals surface area contributed by atoms with Crippen LogP contribution in [-0.4, -0.2) is 31.1 Å². The van der Waals surface area contributed by atoms with Crippen LogP contribution in [0.1, 0.15) is 18.5 Å². The van der Waals surface area contributed by atoms with Crippen LogP contribution in [0.25, 0.3) is 10.8 Å². The fourth-order valence-corrected chi connectivity index (χ4v) is 3.10. The zero-order chi connectivity index (χ0) is 18.7. The van der Waals surface area contributed by atoms with Gasteiger partial charge in [-0.25, -0.2) is 0 Å². The molecule has 0 saturated carbocycles. The molecule has 0 unspecified atom stereocenters. The molecule has 5 nitrogen and oxygen atoms in total. The Hall–Kier alpha value is -3.08. The second-order valence-electron chi connectivity index (χ2n) is 6.21. The van der Waals surface area contributed by atoms with Crippen molar-refractivity contribution in [1.82, 2.24) is 4.90 Å². The van der Waals surface area contributed by atoms with Gasteiger partial charge in [-0.15, -0.1) is 0 Å². The van der Waals surface area contributed by atoms with Crippen molar-refractivity contribution in [2.45, 2.75) is 13.0 Å². The first-order chi connectivity index (χ1) is 12.5. The Bertz CT molecular complexity index is 868. The molecule has 1 aliphatic rings. The Morgan fingerprint density at radius 2 is 1.50 bits per heavy atom. The van der Waals surface area contributed by atoms with Gasteiger partial charge in [0.1, 0.15) is 0 Å². The fraction of sp³-hybridized carbons (Fsp3) is 0.238. The Balaban J connectivity index is 1.88. The van der Waals surface area contributed by atoms with Crippen LogP contribution < -0.4 is 0 Å². The molecule has 1 aliphatic heterocycles. The molecule has 0 bridgehead atoms. The maximum Gasteiger partial charge on any atom is 0.331 e. The maximum atomic E-state index is 12.1. The molecular formula is C21H21NO4. The summed E-state index contributed by atoms with van der Waals surface area (Å²) < 4.78 is 9.57. The summed E-state index contributed by atoms with van der Waals surface area (Å²) in [6, 6.07) is 14.5. The predicted octanol–water partition coefficient (Wildman–Crippen LogP) is 3.58. The van der Waals surface area contributed by atoms with Crippen LogP contribution in [0.15, 0.2) is 67.0 Å². The smallest absolute Gasteiger partial charge is 0.331 e. The third-order valence-electron chi connectivity index (χ3n) is 4.77. The third kappa shape index (κ3) is 2.96. The number of esters is 2. The fourth-order valence-electron chi connectivity index (χ4n) is 3.10. The summed E-state index contributed by atoms with van der Waals surface area (Å²) in [4.78, 5) is 26.2. The molecule has 0 aromatic heterocycles. The molecule has 3 rings (SSSR count). The van der Waals surface area contributed by atoms with E-state index in [4.69, 9.17) is 9.47 Å². The van der Waals surface area contributed by atoms with Crippen LogP contribution in [0.3, 0.4) is 0 Å². The van der Waals surface area contributed by atoms with E-state index in [2.05, 4.69) is 37.3 Å². The second-order valence-corrected chi connectivity index (χ2v) is 6.21. The van der Waals surface area contributed by atoms with Gasteiger partial charge in [-0.3, -0.25) is 9.59 Å². The van der Waals surface area contributed by atoms with Gasteiger partial charge in [-0.1, -0.05) is 36.4 Å². The summed E-state index contributed by atoms with van der Waals surface area (Å²) in [5, 5.41) is 2.35. The normalized spacial score (nSPS) is 16.3. The molecule has 0 spiro atoms. The molecule has 134 valence electrons. The van der Waals surface area contributed by atoms with E-state index in [1.807, 2.05) is 17.0 Å². The van der Waals surface area contributed by atoms with Gasteiger partial charge in [0.05, 0.1) is 20.3 Å². The number of hydrogen-bond donors (Lipinski definition) is 0. The first-order valence-electron chi connectivity index (χ1n) is 8.33. The summed E-state index contributed by atoms with van der Waals surface area (Å²) in [6.07, 6.45) is 6.46. The molecule has 1 heterocycles. The van der Waals surface area contributed by atoms with Crippen molar-refractivity contribution in [2.24, 2.45) is 5.41 Å². The van der Waals surface area contributed by atoms with Crippen molar-refractivity contribution in [3.8, 4) is 0 Å². The molecule has 0 N–H and O–H groups in total. The van der Waals surface area contributed by atoms with Crippen LogP contribution in [0.5, 0.6) is 0 Å². The van der Waals surface area contributed by atoms with Gasteiger partial charge in [-0.2, -0.15) is 0 Å². The molecule has 0 amide bonds. The Kier molecular flexibility index (Phi) is 4.80. The molecule has 26 heavy (non-hydrogen) atoms. The number of methoxy groups -OCH3 is 2. The first kappa shape index (κ1) is 17.7. The lowest BCUT2D eigenvalue weighted by Gasteiger charge is -2.31. The van der Waals surface area contributed by atoms with Gasteiger partial charge in [-0.05, 0) is 41.5 Å². The molecule has 2 aromatic carbocycles. The van der Waals surface area contributed by atoms with Crippen LogP contribution in [0.2, 0.25) is 0 Å². The Morgan fingerprint density at radius 3 is 2.08 bits per heavy atom. The minimum absolute atomic E-state index is 0.0281. The van der Waals surface area contributed by atoms with Crippen molar-refractivity contribution in [3.63, 3.8) is 0 Å². The summed E-state index contributed by atoms with van der Waals surface area (Å²) in [6.45, 7) is 2.06. The minimum Gasteiger partial charge on any atom is -0.468 e. The highest BCUT2D eigenvalue weighted by Crippen LogP contribution is 2.33. The Labute approximate surface area is 152 Å². The van der Waals surface area contributed by atoms with Crippen molar-refractivity contribution >= 4 is 22.7 Å². The molecule has 0 radical (unpaired) electrons. The highest BCUT2D eigenvalue weighted by molar-refractivity contribution is 6.04. The third-order valence-corrected chi connectivity index (χ3v) is 4.77. The number of rotatable bonds is 4. The van der Waals surface area contributed by atoms with Crippen molar-refractivity contribution < 1.29 is 19.1 Å². The summed E-state index contributed by atoms with van der Waals surface area (Å²) in [5.41, 5.74) is -0.412. The van der Waals surface area contributed by atoms with Gasteiger partial charge in [0, 0.05) is 12.4 Å². The lowest BCUT2D eigenvalue weighted by atomic mass is 9.86. The van der Waals surface area contributed by atoms with E-state index in [-0.39, 0.29) is 6.04 Å². The summed E-state index contributed by atoms with van der Waals surface area (Å²) >= 11 is 0. The molecule has 2 aromatic rings. The van der Waals surface area contributed by atoms with Crippen molar-refractivity contribution in [1.29, 1.82) is 0 Å². The van der Waals surface area contributed by atoms with Gasteiger partial charge in [0.2, 0.25) is 5.41 Å². The van der Waals surface area contributed by atoms with Gasteiger partial charge in [0.15, 0.2) is 0 Å². The monoisotopic (exact) mass is 351 g/mol.